The average Bonchev–Trinajstić information content (AvgIpc) is 3.09. The minimum absolute atomic E-state index is 0.00605. The molecular formula is C19H18ClFN6O2S2. The molecule has 2 aromatic carbocycles. The maximum atomic E-state index is 13.9. The van der Waals surface area contributed by atoms with Crippen LogP contribution in [0.25, 0.3) is 0 Å². The van der Waals surface area contributed by atoms with Crippen LogP contribution in [0, 0.1) is 19.9 Å². The summed E-state index contributed by atoms with van der Waals surface area (Å²) in [6.45, 7) is 3.12. The third kappa shape index (κ3) is 5.01. The van der Waals surface area contributed by atoms with Crippen LogP contribution < -0.4 is 10.2 Å². The second-order valence-electron chi connectivity index (χ2n) is 6.91. The predicted octanol–water partition coefficient (Wildman–Crippen LogP) is 4.90. The lowest BCUT2D eigenvalue weighted by molar-refractivity contribution is -0.384. The van der Waals surface area contributed by atoms with Gasteiger partial charge in [-0.25, -0.2) is 9.07 Å². The summed E-state index contributed by atoms with van der Waals surface area (Å²) < 4.78 is 16.1. The summed E-state index contributed by atoms with van der Waals surface area (Å²) in [5, 5.41) is 19.7. The van der Waals surface area contributed by atoms with Crippen LogP contribution in [-0.2, 0) is 6.67 Å². The van der Waals surface area contributed by atoms with Crippen molar-refractivity contribution in [3.8, 4) is 0 Å². The molecule has 0 saturated carbocycles. The van der Waals surface area contributed by atoms with E-state index in [0.717, 1.165) is 0 Å². The summed E-state index contributed by atoms with van der Waals surface area (Å²) >= 11 is 12.6. The van der Waals surface area contributed by atoms with Crippen molar-refractivity contribution in [1.29, 1.82) is 0 Å². The van der Waals surface area contributed by atoms with Gasteiger partial charge in [0.2, 0.25) is 5.13 Å². The Hall–Kier alpha value is -2.60. The maximum absolute atomic E-state index is 13.9. The Kier molecular flexibility index (Phi) is 6.46. The molecule has 4 rings (SSSR count). The molecule has 12 heteroatoms. The van der Waals surface area contributed by atoms with E-state index in [1.165, 1.54) is 23.5 Å². The summed E-state index contributed by atoms with van der Waals surface area (Å²) in [7, 11) is 0. The third-order valence-electron chi connectivity index (χ3n) is 4.90. The number of hydrogen-bond donors (Lipinski definition) is 1. The molecule has 1 N–H and O–H groups in total. The fraction of sp³-hybridized carbons (Fsp3) is 0.263. The Bertz CT molecular complexity index is 1160. The Labute approximate surface area is 191 Å². The van der Waals surface area contributed by atoms with E-state index in [2.05, 4.69) is 15.3 Å². The number of aromatic nitrogens is 2. The molecule has 1 aromatic heterocycles. The van der Waals surface area contributed by atoms with Crippen LogP contribution in [0.1, 0.15) is 0 Å². The summed E-state index contributed by atoms with van der Waals surface area (Å²) in [4.78, 5) is 15.1. The zero-order valence-electron chi connectivity index (χ0n) is 16.2. The van der Waals surface area contributed by atoms with E-state index in [4.69, 9.17) is 23.8 Å². The third-order valence-corrected chi connectivity index (χ3v) is 6.36. The Morgan fingerprint density at radius 3 is 2.68 bits per heavy atom. The van der Waals surface area contributed by atoms with Gasteiger partial charge in [0, 0.05) is 37.3 Å². The molecule has 0 atom stereocenters. The molecular weight excluding hydrogens is 463 g/mol. The molecule has 1 aliphatic heterocycles. The monoisotopic (exact) mass is 480 g/mol. The number of nitro benzene ring substituents is 1. The molecule has 0 radical (unpaired) electrons. The van der Waals surface area contributed by atoms with E-state index in [9.17, 15) is 14.5 Å². The van der Waals surface area contributed by atoms with Crippen molar-refractivity contribution in [3.63, 3.8) is 0 Å². The van der Waals surface area contributed by atoms with E-state index in [-0.39, 0.29) is 11.5 Å². The van der Waals surface area contributed by atoms with Crippen molar-refractivity contribution in [3.05, 3.63) is 67.4 Å². The summed E-state index contributed by atoms with van der Waals surface area (Å²) in [5.74, 6) is -0.359. The van der Waals surface area contributed by atoms with Crippen molar-refractivity contribution < 1.29 is 9.31 Å². The molecule has 162 valence electrons. The van der Waals surface area contributed by atoms with E-state index in [1.807, 2.05) is 4.90 Å². The predicted molar refractivity (Wildman–Crippen MR) is 123 cm³/mol. The standard InChI is InChI=1S/C19H18ClFN6O2S2/c20-13-5-6-16(17(11-13)27(28)29)25-9-7-24(8-10-25)12-26-19(30)31-18(23-26)22-15-4-2-1-3-14(15)21/h1-6,11H,7-10,12H2,(H,22,23). The molecule has 0 bridgehead atoms. The number of benzene rings is 2. The highest BCUT2D eigenvalue weighted by Crippen LogP contribution is 2.31. The number of anilines is 3. The summed E-state index contributed by atoms with van der Waals surface area (Å²) in [6, 6.07) is 11.1. The Morgan fingerprint density at radius 1 is 1.23 bits per heavy atom. The van der Waals surface area contributed by atoms with Crippen molar-refractivity contribution in [2.45, 2.75) is 6.67 Å². The first-order valence-electron chi connectivity index (χ1n) is 9.41. The van der Waals surface area contributed by atoms with Gasteiger partial charge in [-0.1, -0.05) is 35.1 Å². The fourth-order valence-corrected chi connectivity index (χ4v) is 4.53. The highest BCUT2D eigenvalue weighted by Gasteiger charge is 2.24. The largest absolute Gasteiger partial charge is 0.363 e. The van der Waals surface area contributed by atoms with E-state index < -0.39 is 4.92 Å². The van der Waals surface area contributed by atoms with Gasteiger partial charge in [-0.05, 0) is 36.5 Å². The summed E-state index contributed by atoms with van der Waals surface area (Å²) in [6.07, 6.45) is 0. The molecule has 0 unspecified atom stereocenters. The van der Waals surface area contributed by atoms with E-state index in [0.29, 0.717) is 58.3 Å². The molecule has 31 heavy (non-hydrogen) atoms. The summed E-state index contributed by atoms with van der Waals surface area (Å²) in [5.41, 5.74) is 0.916. The SMILES string of the molecule is O=[N+]([O-])c1cc(Cl)ccc1N1CCN(Cn2nc(Nc3ccccc3F)sc2=S)CC1. The lowest BCUT2D eigenvalue weighted by Gasteiger charge is -2.35. The second kappa shape index (κ2) is 9.27. The number of nitrogens with zero attached hydrogens (tertiary/aromatic N) is 5. The molecule has 8 nitrogen and oxygen atoms in total. The van der Waals surface area contributed by atoms with Gasteiger partial charge in [0.05, 0.1) is 17.3 Å². The number of para-hydroxylation sites is 1. The van der Waals surface area contributed by atoms with E-state index >= 15 is 0 Å². The minimum Gasteiger partial charge on any atom is -0.363 e. The van der Waals surface area contributed by atoms with Crippen LogP contribution in [0.15, 0.2) is 42.5 Å². The Balaban J connectivity index is 1.40. The first-order chi connectivity index (χ1) is 14.9. The molecule has 0 amide bonds. The normalized spacial score (nSPS) is 14.6. The molecule has 0 spiro atoms. The number of halogens is 2. The molecule has 0 aliphatic carbocycles. The van der Waals surface area contributed by atoms with Gasteiger partial charge >= 0.3 is 0 Å². The highest BCUT2D eigenvalue weighted by molar-refractivity contribution is 7.73. The molecule has 1 saturated heterocycles. The van der Waals surface area contributed by atoms with Crippen LogP contribution in [0.4, 0.5) is 26.6 Å². The van der Waals surface area contributed by atoms with Gasteiger partial charge in [0.15, 0.2) is 3.95 Å². The topological polar surface area (TPSA) is 79.5 Å². The number of nitrogens with one attached hydrogen (secondary N) is 1. The van der Waals surface area contributed by atoms with Crippen LogP contribution in [0.2, 0.25) is 5.02 Å². The number of rotatable bonds is 6. The van der Waals surface area contributed by atoms with Crippen molar-refractivity contribution in [2.75, 3.05) is 36.4 Å². The van der Waals surface area contributed by atoms with Gasteiger partial charge < -0.3 is 10.2 Å². The second-order valence-corrected chi connectivity index (χ2v) is 8.97. The van der Waals surface area contributed by atoms with Gasteiger partial charge in [-0.3, -0.25) is 15.0 Å². The molecule has 1 aliphatic rings. The Morgan fingerprint density at radius 2 is 1.97 bits per heavy atom. The van der Waals surface area contributed by atoms with Crippen LogP contribution >= 0.6 is 35.2 Å². The zero-order valence-corrected chi connectivity index (χ0v) is 18.6. The lowest BCUT2D eigenvalue weighted by atomic mass is 10.2. The van der Waals surface area contributed by atoms with Gasteiger partial charge in [-0.15, -0.1) is 5.10 Å². The van der Waals surface area contributed by atoms with Crippen molar-refractivity contribution in [1.82, 2.24) is 14.7 Å². The number of nitro groups is 1. The molecule has 2 heterocycles. The van der Waals surface area contributed by atoms with Crippen LogP contribution in [0.5, 0.6) is 0 Å². The van der Waals surface area contributed by atoms with E-state index in [1.54, 1.807) is 35.0 Å². The average molecular weight is 481 g/mol. The van der Waals surface area contributed by atoms with Crippen LogP contribution in [-0.4, -0.2) is 45.8 Å². The number of piperazine rings is 1. The lowest BCUT2D eigenvalue weighted by Crippen LogP contribution is -2.47. The van der Waals surface area contributed by atoms with Gasteiger partial charge in [0.1, 0.15) is 11.5 Å². The van der Waals surface area contributed by atoms with Gasteiger partial charge in [-0.2, -0.15) is 0 Å². The van der Waals surface area contributed by atoms with Crippen LogP contribution in [0.3, 0.4) is 0 Å². The highest BCUT2D eigenvalue weighted by atomic mass is 35.5. The zero-order chi connectivity index (χ0) is 22.0. The fourth-order valence-electron chi connectivity index (χ4n) is 3.35. The van der Waals surface area contributed by atoms with Crippen molar-refractivity contribution >= 4 is 57.3 Å². The first kappa shape index (κ1) is 21.6. The molecule has 1 fully saturated rings. The van der Waals surface area contributed by atoms with Crippen molar-refractivity contribution in [2.24, 2.45) is 0 Å². The van der Waals surface area contributed by atoms with Gasteiger partial charge in [0.25, 0.3) is 5.69 Å². The first-order valence-corrected chi connectivity index (χ1v) is 11.0. The quantitative estimate of drug-likeness (QED) is 0.305. The maximum Gasteiger partial charge on any atom is 0.294 e. The smallest absolute Gasteiger partial charge is 0.294 e. The molecule has 3 aromatic rings. The minimum atomic E-state index is -0.410. The number of hydrogen-bond acceptors (Lipinski definition) is 8.